The zero-order valence-electron chi connectivity index (χ0n) is 16.8. The van der Waals surface area contributed by atoms with Crippen LogP contribution in [-0.4, -0.2) is 31.0 Å². The third kappa shape index (κ3) is 4.74. The number of benzene rings is 1. The average molecular weight is 397 g/mol. The first-order valence-electron chi connectivity index (χ1n) is 10.4. The zero-order valence-corrected chi connectivity index (χ0v) is 16.8. The molecule has 0 aliphatic heterocycles. The van der Waals surface area contributed by atoms with Crippen LogP contribution < -0.4 is 5.73 Å². The lowest BCUT2D eigenvalue weighted by atomic mass is 9.76. The van der Waals surface area contributed by atoms with Gasteiger partial charge in [0.25, 0.3) is 0 Å². The van der Waals surface area contributed by atoms with Gasteiger partial charge >= 0.3 is 0 Å². The second-order valence-corrected chi connectivity index (χ2v) is 8.25. The molecule has 4 rings (SSSR count). The number of aromatic nitrogens is 1. The van der Waals surface area contributed by atoms with Gasteiger partial charge in [-0.1, -0.05) is 24.3 Å². The molecule has 5 atom stereocenters. The topological polar surface area (TPSA) is 57.4 Å². The van der Waals surface area contributed by atoms with Crippen LogP contribution in [0.5, 0.6) is 0 Å². The Morgan fingerprint density at radius 2 is 2.07 bits per heavy atom. The minimum atomic E-state index is -0.237. The van der Waals surface area contributed by atoms with Crippen molar-refractivity contribution in [3.63, 3.8) is 0 Å². The van der Waals surface area contributed by atoms with Crippen LogP contribution in [0, 0.1) is 23.6 Å². The summed E-state index contributed by atoms with van der Waals surface area (Å²) in [5, 5.41) is 0. The molecular weight excluding hydrogens is 367 g/mol. The predicted octanol–water partition coefficient (Wildman–Crippen LogP) is 4.65. The number of rotatable bonds is 6. The molecule has 0 amide bonds. The number of ether oxygens (including phenoxy) is 2. The summed E-state index contributed by atoms with van der Waals surface area (Å²) < 4.78 is 24.3. The highest BCUT2D eigenvalue weighted by atomic mass is 19.1. The molecule has 2 aromatic rings. The molecule has 2 fully saturated rings. The van der Waals surface area contributed by atoms with Gasteiger partial charge in [0.2, 0.25) is 0 Å². The molecular formula is C24H29FN2O2. The highest BCUT2D eigenvalue weighted by Crippen LogP contribution is 2.46. The molecule has 154 valence electrons. The molecule has 2 aliphatic carbocycles. The molecule has 4 nitrogen and oxygen atoms in total. The van der Waals surface area contributed by atoms with E-state index in [9.17, 15) is 4.39 Å². The largest absolute Gasteiger partial charge is 0.359 e. The second-order valence-electron chi connectivity index (χ2n) is 8.25. The Morgan fingerprint density at radius 3 is 2.83 bits per heavy atom. The van der Waals surface area contributed by atoms with Gasteiger partial charge in [-0.15, -0.1) is 0 Å². The highest BCUT2D eigenvalue weighted by Gasteiger charge is 2.43. The van der Waals surface area contributed by atoms with Crippen LogP contribution in [0.2, 0.25) is 0 Å². The summed E-state index contributed by atoms with van der Waals surface area (Å²) in [5.74, 6) is 1.39. The zero-order chi connectivity index (χ0) is 20.2. The SMILES string of the molecule is COCO[C@@H]1CC[C@@H]2[C@@H](C1)C[C@H](N)[C@H]2C=Cc1ccc(-c2cccc(F)c2)cn1. The van der Waals surface area contributed by atoms with Gasteiger partial charge in [0.1, 0.15) is 12.6 Å². The number of fused-ring (bicyclic) bond motifs is 1. The standard InChI is InChI=1S/C24H29FN2O2/c1-28-15-29-21-8-10-22-18(12-21)13-24(26)23(22)9-7-20-6-5-17(14-27-20)16-3-2-4-19(25)11-16/h2-7,9,11,14,18,21-24H,8,10,12-13,15,26H2,1H3/t18-,21+,22+,23-,24-/m0/s1. The quantitative estimate of drug-likeness (QED) is 0.722. The number of pyridine rings is 1. The van der Waals surface area contributed by atoms with E-state index in [1.807, 2.05) is 18.2 Å². The number of nitrogens with two attached hydrogens (primary N) is 1. The normalized spacial score (nSPS) is 29.3. The Hall–Kier alpha value is -2.08. The molecule has 0 unspecified atom stereocenters. The van der Waals surface area contributed by atoms with Crippen LogP contribution in [-0.2, 0) is 9.47 Å². The molecule has 2 N–H and O–H groups in total. The van der Waals surface area contributed by atoms with Crippen LogP contribution in [0.3, 0.4) is 0 Å². The van der Waals surface area contributed by atoms with Gasteiger partial charge in [0.05, 0.1) is 11.8 Å². The third-order valence-electron chi connectivity index (χ3n) is 6.41. The third-order valence-corrected chi connectivity index (χ3v) is 6.41. The highest BCUT2D eigenvalue weighted by molar-refractivity contribution is 5.63. The minimum Gasteiger partial charge on any atom is -0.359 e. The molecule has 29 heavy (non-hydrogen) atoms. The Kier molecular flexibility index (Phi) is 6.38. The molecule has 0 spiro atoms. The van der Waals surface area contributed by atoms with E-state index in [0.29, 0.717) is 30.7 Å². The number of methoxy groups -OCH3 is 1. The van der Waals surface area contributed by atoms with Crippen molar-refractivity contribution >= 4 is 6.08 Å². The van der Waals surface area contributed by atoms with Gasteiger partial charge < -0.3 is 15.2 Å². The molecule has 0 radical (unpaired) electrons. The van der Waals surface area contributed by atoms with Crippen LogP contribution in [0.15, 0.2) is 48.7 Å². The van der Waals surface area contributed by atoms with E-state index in [1.54, 1.807) is 19.4 Å². The summed E-state index contributed by atoms with van der Waals surface area (Å²) in [7, 11) is 1.66. The van der Waals surface area contributed by atoms with Crippen LogP contribution in [0.4, 0.5) is 4.39 Å². The van der Waals surface area contributed by atoms with Crippen LogP contribution in [0.25, 0.3) is 17.2 Å². The lowest BCUT2D eigenvalue weighted by Crippen LogP contribution is -2.30. The fraction of sp³-hybridized carbons (Fsp3) is 0.458. The number of nitrogens with zero attached hydrogens (tertiary/aromatic N) is 1. The fourth-order valence-corrected chi connectivity index (χ4v) is 5.00. The van der Waals surface area contributed by atoms with Gasteiger partial charge in [-0.3, -0.25) is 4.98 Å². The van der Waals surface area contributed by atoms with Crippen molar-refractivity contribution < 1.29 is 13.9 Å². The number of hydrogen-bond donors (Lipinski definition) is 1. The fourth-order valence-electron chi connectivity index (χ4n) is 5.00. The molecule has 0 saturated heterocycles. The van der Waals surface area contributed by atoms with Gasteiger partial charge in [0, 0.05) is 24.9 Å². The summed E-state index contributed by atoms with van der Waals surface area (Å²) in [6, 6.07) is 10.7. The Morgan fingerprint density at radius 1 is 1.17 bits per heavy atom. The van der Waals surface area contributed by atoms with E-state index in [0.717, 1.165) is 42.5 Å². The molecule has 5 heteroatoms. The summed E-state index contributed by atoms with van der Waals surface area (Å²) in [5.41, 5.74) is 9.14. The maximum absolute atomic E-state index is 13.4. The van der Waals surface area contributed by atoms with Gasteiger partial charge in [0.15, 0.2) is 0 Å². The Labute approximate surface area is 171 Å². The molecule has 0 bridgehead atoms. The van der Waals surface area contributed by atoms with E-state index < -0.39 is 0 Å². The molecule has 2 aliphatic rings. The Bertz CT molecular complexity index is 839. The molecule has 1 aromatic carbocycles. The van der Waals surface area contributed by atoms with Gasteiger partial charge in [-0.25, -0.2) is 4.39 Å². The van der Waals surface area contributed by atoms with E-state index in [4.69, 9.17) is 15.2 Å². The summed E-state index contributed by atoms with van der Waals surface area (Å²) in [6.07, 6.45) is 10.8. The predicted molar refractivity (Wildman–Crippen MR) is 112 cm³/mol. The first-order valence-corrected chi connectivity index (χ1v) is 10.4. The lowest BCUT2D eigenvalue weighted by molar-refractivity contribution is -0.0930. The van der Waals surface area contributed by atoms with Crippen molar-refractivity contribution in [1.29, 1.82) is 0 Å². The lowest BCUT2D eigenvalue weighted by Gasteiger charge is -2.33. The first-order chi connectivity index (χ1) is 14.1. The maximum Gasteiger partial charge on any atom is 0.146 e. The summed E-state index contributed by atoms with van der Waals surface area (Å²) in [4.78, 5) is 4.54. The van der Waals surface area contributed by atoms with Gasteiger partial charge in [-0.2, -0.15) is 0 Å². The van der Waals surface area contributed by atoms with Crippen molar-refractivity contribution in [3.8, 4) is 11.1 Å². The minimum absolute atomic E-state index is 0.189. The smallest absolute Gasteiger partial charge is 0.146 e. The Balaban J connectivity index is 1.40. The number of halogens is 1. The van der Waals surface area contributed by atoms with Crippen molar-refractivity contribution in [3.05, 3.63) is 60.2 Å². The molecule has 1 aromatic heterocycles. The van der Waals surface area contributed by atoms with E-state index >= 15 is 0 Å². The number of hydrogen-bond acceptors (Lipinski definition) is 4. The monoisotopic (exact) mass is 396 g/mol. The van der Waals surface area contributed by atoms with E-state index in [-0.39, 0.29) is 11.9 Å². The first kappa shape index (κ1) is 20.2. The van der Waals surface area contributed by atoms with Crippen molar-refractivity contribution in [2.75, 3.05) is 13.9 Å². The average Bonchev–Trinajstić information content (AvgIpc) is 3.05. The van der Waals surface area contributed by atoms with Crippen molar-refractivity contribution in [1.82, 2.24) is 4.98 Å². The maximum atomic E-state index is 13.4. The van der Waals surface area contributed by atoms with Crippen LogP contribution in [0.1, 0.15) is 31.4 Å². The van der Waals surface area contributed by atoms with Crippen molar-refractivity contribution in [2.24, 2.45) is 23.5 Å². The van der Waals surface area contributed by atoms with E-state index in [2.05, 4.69) is 17.1 Å². The van der Waals surface area contributed by atoms with Crippen LogP contribution >= 0.6 is 0 Å². The van der Waals surface area contributed by atoms with Crippen molar-refractivity contribution in [2.45, 2.75) is 37.8 Å². The second kappa shape index (κ2) is 9.16. The van der Waals surface area contributed by atoms with Gasteiger partial charge in [-0.05, 0) is 73.3 Å². The summed E-state index contributed by atoms with van der Waals surface area (Å²) >= 11 is 0. The van der Waals surface area contributed by atoms with E-state index in [1.165, 1.54) is 12.1 Å². The molecule has 1 heterocycles. The molecule has 2 saturated carbocycles. The summed E-state index contributed by atoms with van der Waals surface area (Å²) in [6.45, 7) is 0.370.